The van der Waals surface area contributed by atoms with Gasteiger partial charge in [-0.05, 0) is 36.8 Å². The van der Waals surface area contributed by atoms with Crippen molar-refractivity contribution in [3.8, 4) is 11.4 Å². The van der Waals surface area contributed by atoms with E-state index in [0.29, 0.717) is 5.75 Å². The van der Waals surface area contributed by atoms with Crippen LogP contribution < -0.4 is 10.3 Å². The Morgan fingerprint density at radius 1 is 1.17 bits per heavy atom. The van der Waals surface area contributed by atoms with Crippen molar-refractivity contribution in [3.63, 3.8) is 0 Å². The molecule has 0 unspecified atom stereocenters. The van der Waals surface area contributed by atoms with Crippen LogP contribution in [0.15, 0.2) is 47.4 Å². The third-order valence-corrected chi connectivity index (χ3v) is 2.53. The third kappa shape index (κ3) is 2.78. The molecule has 0 spiro atoms. The maximum Gasteiger partial charge on any atom is 0.255 e. The van der Waals surface area contributed by atoms with Gasteiger partial charge in [-0.1, -0.05) is 6.07 Å². The molecule has 1 N–H and O–H groups in total. The average Bonchev–Trinajstić information content (AvgIpc) is 2.40. The summed E-state index contributed by atoms with van der Waals surface area (Å²) in [6.07, 6.45) is 1.80. The highest BCUT2D eigenvalue weighted by molar-refractivity contribution is 5.38. The van der Waals surface area contributed by atoms with E-state index in [0.717, 1.165) is 11.3 Å². The molecule has 18 heavy (non-hydrogen) atoms. The molecule has 0 radical (unpaired) electrons. The van der Waals surface area contributed by atoms with E-state index in [2.05, 4.69) is 0 Å². The number of benzene rings is 1. The molecule has 1 aromatic carbocycles. The van der Waals surface area contributed by atoms with Gasteiger partial charge < -0.3 is 9.84 Å². The van der Waals surface area contributed by atoms with Crippen molar-refractivity contribution in [2.75, 3.05) is 13.2 Å². The molecule has 0 aliphatic carbocycles. The summed E-state index contributed by atoms with van der Waals surface area (Å²) in [5.41, 5.74) is 1.75. The first-order valence-corrected chi connectivity index (χ1v) is 5.74. The summed E-state index contributed by atoms with van der Waals surface area (Å²) in [6.45, 7) is 2.19. The topological polar surface area (TPSA) is 51.5 Å². The lowest BCUT2D eigenvalue weighted by atomic mass is 10.2. The minimum Gasteiger partial charge on any atom is -0.491 e. The van der Waals surface area contributed by atoms with Crippen molar-refractivity contribution < 1.29 is 9.84 Å². The van der Waals surface area contributed by atoms with Crippen LogP contribution in [0.5, 0.6) is 5.75 Å². The molecule has 0 fully saturated rings. The molecule has 0 saturated heterocycles. The Kier molecular flexibility index (Phi) is 3.79. The van der Waals surface area contributed by atoms with Gasteiger partial charge >= 0.3 is 0 Å². The van der Waals surface area contributed by atoms with Crippen LogP contribution in [0.4, 0.5) is 0 Å². The van der Waals surface area contributed by atoms with Crippen LogP contribution in [-0.4, -0.2) is 22.9 Å². The number of ether oxygens (including phenoxy) is 1. The molecule has 2 aromatic rings. The minimum atomic E-state index is -0.0652. The number of aliphatic hydroxyl groups excluding tert-OH is 1. The Hall–Kier alpha value is -2.07. The number of aryl methyl sites for hydroxylation is 1. The minimum absolute atomic E-state index is 0.0148. The van der Waals surface area contributed by atoms with Crippen molar-refractivity contribution in [3.05, 3.63) is 58.5 Å². The monoisotopic (exact) mass is 245 g/mol. The zero-order chi connectivity index (χ0) is 13.0. The summed E-state index contributed by atoms with van der Waals surface area (Å²) in [6, 6.07) is 10.5. The fourth-order valence-electron chi connectivity index (χ4n) is 1.66. The number of hydrogen-bond donors (Lipinski definition) is 1. The van der Waals surface area contributed by atoms with Gasteiger partial charge in [0.05, 0.1) is 6.61 Å². The van der Waals surface area contributed by atoms with Gasteiger partial charge in [0.1, 0.15) is 12.4 Å². The molecule has 0 saturated carbocycles. The van der Waals surface area contributed by atoms with E-state index >= 15 is 0 Å². The largest absolute Gasteiger partial charge is 0.491 e. The fourth-order valence-corrected chi connectivity index (χ4v) is 1.66. The van der Waals surface area contributed by atoms with Crippen LogP contribution in [0.2, 0.25) is 0 Å². The number of aromatic nitrogens is 1. The van der Waals surface area contributed by atoms with Crippen molar-refractivity contribution in [2.45, 2.75) is 6.92 Å². The second-order valence-electron chi connectivity index (χ2n) is 3.98. The van der Waals surface area contributed by atoms with Crippen LogP contribution in [0.1, 0.15) is 5.56 Å². The number of pyridine rings is 1. The van der Waals surface area contributed by atoms with Gasteiger partial charge in [0, 0.05) is 18.0 Å². The first kappa shape index (κ1) is 12.4. The second-order valence-corrected chi connectivity index (χ2v) is 3.98. The standard InChI is InChI=1S/C14H15NO3/c1-11-2-7-14(17)15(10-11)12-3-5-13(6-4-12)18-9-8-16/h2-7,10,16H,8-9H2,1H3. The van der Waals surface area contributed by atoms with E-state index in [1.165, 1.54) is 0 Å². The number of nitrogens with zero attached hydrogens (tertiary/aromatic N) is 1. The predicted molar refractivity (Wildman–Crippen MR) is 69.4 cm³/mol. The summed E-state index contributed by atoms with van der Waals surface area (Å²) in [4.78, 5) is 11.7. The van der Waals surface area contributed by atoms with E-state index in [4.69, 9.17) is 9.84 Å². The van der Waals surface area contributed by atoms with Gasteiger partial charge in [-0.25, -0.2) is 0 Å². The summed E-state index contributed by atoms with van der Waals surface area (Å²) in [5, 5.41) is 8.66. The highest BCUT2D eigenvalue weighted by Crippen LogP contribution is 2.14. The second kappa shape index (κ2) is 5.51. The maximum absolute atomic E-state index is 11.7. The summed E-state index contributed by atoms with van der Waals surface area (Å²) >= 11 is 0. The van der Waals surface area contributed by atoms with Gasteiger partial charge in [0.15, 0.2) is 0 Å². The highest BCUT2D eigenvalue weighted by atomic mass is 16.5. The Morgan fingerprint density at radius 3 is 2.56 bits per heavy atom. The summed E-state index contributed by atoms with van der Waals surface area (Å²) in [5.74, 6) is 0.675. The first-order chi connectivity index (χ1) is 8.70. The molecule has 1 heterocycles. The molecular formula is C14H15NO3. The van der Waals surface area contributed by atoms with E-state index in [1.807, 2.05) is 19.1 Å². The fraction of sp³-hybridized carbons (Fsp3) is 0.214. The summed E-state index contributed by atoms with van der Waals surface area (Å²) in [7, 11) is 0. The van der Waals surface area contributed by atoms with Crippen LogP contribution in [0, 0.1) is 6.92 Å². The number of rotatable bonds is 4. The van der Waals surface area contributed by atoms with Crippen molar-refractivity contribution in [1.29, 1.82) is 0 Å². The Morgan fingerprint density at radius 2 is 1.89 bits per heavy atom. The van der Waals surface area contributed by atoms with Gasteiger partial charge in [0.25, 0.3) is 5.56 Å². The lowest BCUT2D eigenvalue weighted by molar-refractivity contribution is 0.201. The van der Waals surface area contributed by atoms with Gasteiger partial charge in [-0.2, -0.15) is 0 Å². The molecule has 1 aromatic heterocycles. The van der Waals surface area contributed by atoms with Gasteiger partial charge in [-0.15, -0.1) is 0 Å². The van der Waals surface area contributed by atoms with E-state index in [-0.39, 0.29) is 18.8 Å². The lowest BCUT2D eigenvalue weighted by Gasteiger charge is -2.08. The molecule has 4 heteroatoms. The van der Waals surface area contributed by atoms with Crippen molar-refractivity contribution in [2.24, 2.45) is 0 Å². The number of aliphatic hydroxyl groups is 1. The van der Waals surface area contributed by atoms with Crippen LogP contribution in [0.3, 0.4) is 0 Å². The number of hydrogen-bond acceptors (Lipinski definition) is 3. The Balaban J connectivity index is 2.28. The predicted octanol–water partition coefficient (Wildman–Crippen LogP) is 1.52. The summed E-state index contributed by atoms with van der Waals surface area (Å²) < 4.78 is 6.85. The molecule has 0 aliphatic rings. The van der Waals surface area contributed by atoms with E-state index < -0.39 is 0 Å². The van der Waals surface area contributed by atoms with Crippen LogP contribution in [0.25, 0.3) is 5.69 Å². The SMILES string of the molecule is Cc1ccc(=O)n(-c2ccc(OCCO)cc2)c1. The van der Waals surface area contributed by atoms with E-state index in [9.17, 15) is 4.79 Å². The molecule has 0 aliphatic heterocycles. The Labute approximate surface area is 105 Å². The highest BCUT2D eigenvalue weighted by Gasteiger charge is 2.00. The maximum atomic E-state index is 11.7. The lowest BCUT2D eigenvalue weighted by Crippen LogP contribution is -2.16. The van der Waals surface area contributed by atoms with Crippen LogP contribution in [-0.2, 0) is 0 Å². The Bertz CT molecular complexity index is 572. The molecule has 2 rings (SSSR count). The molecule has 0 amide bonds. The molecule has 0 atom stereocenters. The quantitative estimate of drug-likeness (QED) is 0.888. The van der Waals surface area contributed by atoms with Gasteiger partial charge in [-0.3, -0.25) is 9.36 Å². The zero-order valence-electron chi connectivity index (χ0n) is 10.2. The van der Waals surface area contributed by atoms with E-state index in [1.54, 1.807) is 35.0 Å². The van der Waals surface area contributed by atoms with Crippen molar-refractivity contribution >= 4 is 0 Å². The zero-order valence-corrected chi connectivity index (χ0v) is 10.2. The van der Waals surface area contributed by atoms with Gasteiger partial charge in [0.2, 0.25) is 0 Å². The molecule has 0 bridgehead atoms. The molecule has 4 nitrogen and oxygen atoms in total. The third-order valence-electron chi connectivity index (χ3n) is 2.53. The normalized spacial score (nSPS) is 10.3. The average molecular weight is 245 g/mol. The first-order valence-electron chi connectivity index (χ1n) is 5.74. The van der Waals surface area contributed by atoms with Crippen LogP contribution >= 0.6 is 0 Å². The molecule has 94 valence electrons. The smallest absolute Gasteiger partial charge is 0.255 e. The van der Waals surface area contributed by atoms with Crippen molar-refractivity contribution in [1.82, 2.24) is 4.57 Å². The molecular weight excluding hydrogens is 230 g/mol.